The molecule has 0 unspecified atom stereocenters. The quantitative estimate of drug-likeness (QED) is 0.697. The third-order valence-electron chi connectivity index (χ3n) is 4.52. The first-order valence-corrected chi connectivity index (χ1v) is 10.5. The van der Waals surface area contributed by atoms with Crippen LogP contribution in [-0.4, -0.2) is 43.6 Å². The fraction of sp³-hybridized carbons (Fsp3) is 0.238. The van der Waals surface area contributed by atoms with Gasteiger partial charge in [-0.05, 0) is 30.2 Å². The van der Waals surface area contributed by atoms with Gasteiger partial charge in [0.2, 0.25) is 0 Å². The maximum atomic E-state index is 12.8. The summed E-state index contributed by atoms with van der Waals surface area (Å²) in [6.45, 7) is 1.56. The van der Waals surface area contributed by atoms with Crippen LogP contribution in [0.15, 0.2) is 66.1 Å². The van der Waals surface area contributed by atoms with Gasteiger partial charge in [-0.2, -0.15) is 0 Å². The van der Waals surface area contributed by atoms with Crippen molar-refractivity contribution in [2.75, 3.05) is 12.4 Å². The average molecular weight is 399 g/mol. The molecule has 0 spiro atoms. The van der Waals surface area contributed by atoms with Crippen molar-refractivity contribution < 1.29 is 22.7 Å². The van der Waals surface area contributed by atoms with E-state index in [0.717, 1.165) is 16.5 Å². The summed E-state index contributed by atoms with van der Waals surface area (Å²) < 4.78 is 28.8. The minimum Gasteiger partial charge on any atom is -0.452 e. The van der Waals surface area contributed by atoms with Gasteiger partial charge in [-0.3, -0.25) is 4.79 Å². The van der Waals surface area contributed by atoms with Crippen LogP contribution in [-0.2, 0) is 25.9 Å². The number of carbonyl (C=O) groups is 2. The van der Waals surface area contributed by atoms with Gasteiger partial charge in [-0.15, -0.1) is 0 Å². The number of amides is 1. The van der Waals surface area contributed by atoms with Crippen LogP contribution >= 0.6 is 0 Å². The second-order valence-corrected chi connectivity index (χ2v) is 8.55. The molecule has 0 aliphatic carbocycles. The maximum Gasteiger partial charge on any atom is 0.338 e. The summed E-state index contributed by atoms with van der Waals surface area (Å²) in [6, 6.07) is 15.6. The average Bonchev–Trinajstić information content (AvgIpc) is 3.04. The lowest BCUT2D eigenvalue weighted by atomic mass is 10.1. The molecule has 0 N–H and O–H groups in total. The fourth-order valence-electron chi connectivity index (χ4n) is 3.01. The molecule has 1 aliphatic rings. The number of carbonyl (C=O) groups excluding carboxylic acids is 2. The van der Waals surface area contributed by atoms with E-state index < -0.39 is 34.4 Å². The maximum absolute atomic E-state index is 12.8. The molecule has 146 valence electrons. The number of hydrogen-bond acceptors (Lipinski definition) is 5. The summed E-state index contributed by atoms with van der Waals surface area (Å²) in [5, 5.41) is 1.13. The second kappa shape index (κ2) is 8.39. The first-order valence-electron chi connectivity index (χ1n) is 8.83. The predicted octanol–water partition coefficient (Wildman–Crippen LogP) is 2.49. The zero-order valence-electron chi connectivity index (χ0n) is 15.4. The molecule has 0 bridgehead atoms. The first kappa shape index (κ1) is 19.8. The van der Waals surface area contributed by atoms with Gasteiger partial charge in [0.15, 0.2) is 16.4 Å². The van der Waals surface area contributed by atoms with Crippen LogP contribution in [0.4, 0.5) is 0 Å². The van der Waals surface area contributed by atoms with E-state index in [2.05, 4.69) is 0 Å². The molecular weight excluding hydrogens is 378 g/mol. The van der Waals surface area contributed by atoms with Gasteiger partial charge in [0.05, 0.1) is 17.4 Å². The zero-order valence-corrected chi connectivity index (χ0v) is 16.3. The van der Waals surface area contributed by atoms with Gasteiger partial charge in [0, 0.05) is 12.0 Å². The monoisotopic (exact) mass is 399 g/mol. The van der Waals surface area contributed by atoms with Crippen molar-refractivity contribution in [3.8, 4) is 0 Å². The Bertz CT molecular complexity index is 998. The lowest BCUT2D eigenvalue weighted by Crippen LogP contribution is -2.42. The molecule has 1 amide bonds. The van der Waals surface area contributed by atoms with Gasteiger partial charge in [0.25, 0.3) is 5.91 Å². The van der Waals surface area contributed by atoms with Crippen LogP contribution < -0.4 is 0 Å². The minimum absolute atomic E-state index is 0.169. The van der Waals surface area contributed by atoms with Crippen molar-refractivity contribution in [3.63, 3.8) is 0 Å². The summed E-state index contributed by atoms with van der Waals surface area (Å²) in [6.07, 6.45) is 1.50. The van der Waals surface area contributed by atoms with Crippen molar-refractivity contribution in [1.29, 1.82) is 0 Å². The molecule has 2 aromatic rings. The van der Waals surface area contributed by atoms with Crippen molar-refractivity contribution in [2.24, 2.45) is 0 Å². The topological polar surface area (TPSA) is 80.8 Å². The molecule has 28 heavy (non-hydrogen) atoms. The number of aryl methyl sites for hydroxylation is 1. The Morgan fingerprint density at radius 2 is 1.75 bits per heavy atom. The van der Waals surface area contributed by atoms with E-state index in [0.29, 0.717) is 5.56 Å². The largest absolute Gasteiger partial charge is 0.452 e. The third-order valence-corrected chi connectivity index (χ3v) is 5.90. The molecule has 0 radical (unpaired) electrons. The number of rotatable bonds is 6. The van der Waals surface area contributed by atoms with Crippen LogP contribution in [0.1, 0.15) is 21.5 Å². The summed E-state index contributed by atoms with van der Waals surface area (Å²) in [5.74, 6) is -1.20. The van der Waals surface area contributed by atoms with E-state index in [4.69, 9.17) is 4.74 Å². The highest BCUT2D eigenvalue weighted by Crippen LogP contribution is 2.18. The van der Waals surface area contributed by atoms with Gasteiger partial charge in [0.1, 0.15) is 0 Å². The van der Waals surface area contributed by atoms with Crippen molar-refractivity contribution in [3.05, 3.63) is 82.8 Å². The normalized spacial score (nSPS) is 17.2. The molecule has 1 heterocycles. The molecule has 0 saturated heterocycles. The van der Waals surface area contributed by atoms with Gasteiger partial charge >= 0.3 is 5.97 Å². The number of hydrogen-bond donors (Lipinski definition) is 0. The SMILES string of the molecule is Cc1ccccc1C(=O)OCC(=O)N(Cc1ccccc1)[C@@H]1C=CS(=O)(=O)C1. The van der Waals surface area contributed by atoms with Crippen molar-refractivity contribution in [1.82, 2.24) is 4.90 Å². The van der Waals surface area contributed by atoms with E-state index >= 15 is 0 Å². The number of ether oxygens (including phenoxy) is 1. The van der Waals surface area contributed by atoms with Gasteiger partial charge in [-0.25, -0.2) is 13.2 Å². The highest BCUT2D eigenvalue weighted by Gasteiger charge is 2.31. The molecule has 6 nitrogen and oxygen atoms in total. The van der Waals surface area contributed by atoms with E-state index in [-0.39, 0.29) is 12.3 Å². The molecule has 2 aromatic carbocycles. The standard InChI is InChI=1S/C21H21NO5S/c1-16-7-5-6-10-19(16)21(24)27-14-20(23)22(13-17-8-3-2-4-9-17)18-11-12-28(25,26)15-18/h2-12,18H,13-15H2,1H3/t18-/m1/s1. The van der Waals surface area contributed by atoms with E-state index in [1.165, 1.54) is 11.0 Å². The van der Waals surface area contributed by atoms with Crippen LogP contribution in [0.25, 0.3) is 0 Å². The lowest BCUT2D eigenvalue weighted by Gasteiger charge is -2.27. The number of esters is 1. The van der Waals surface area contributed by atoms with E-state index in [1.54, 1.807) is 25.1 Å². The molecule has 0 saturated carbocycles. The van der Waals surface area contributed by atoms with Crippen LogP contribution in [0.5, 0.6) is 0 Å². The summed E-state index contributed by atoms with van der Waals surface area (Å²) in [5.41, 5.74) is 2.01. The second-order valence-electron chi connectivity index (χ2n) is 6.62. The highest BCUT2D eigenvalue weighted by atomic mass is 32.2. The summed E-state index contributed by atoms with van der Waals surface area (Å²) in [4.78, 5) is 26.5. The van der Waals surface area contributed by atoms with E-state index in [9.17, 15) is 18.0 Å². The first-order chi connectivity index (χ1) is 13.4. The zero-order chi connectivity index (χ0) is 20.1. The molecule has 1 atom stereocenters. The Hall–Kier alpha value is -2.93. The molecule has 0 fully saturated rings. The van der Waals surface area contributed by atoms with Crippen LogP contribution in [0.2, 0.25) is 0 Å². The van der Waals surface area contributed by atoms with Crippen LogP contribution in [0.3, 0.4) is 0 Å². The molecule has 7 heteroatoms. The fourth-order valence-corrected chi connectivity index (χ4v) is 4.31. The Labute approximate surface area is 164 Å². The number of benzene rings is 2. The lowest BCUT2D eigenvalue weighted by molar-refractivity contribution is -0.136. The summed E-state index contributed by atoms with van der Waals surface area (Å²) >= 11 is 0. The van der Waals surface area contributed by atoms with E-state index in [1.807, 2.05) is 36.4 Å². The molecular formula is C21H21NO5S. The number of nitrogens with zero attached hydrogens (tertiary/aromatic N) is 1. The minimum atomic E-state index is -3.33. The smallest absolute Gasteiger partial charge is 0.338 e. The third kappa shape index (κ3) is 4.86. The molecule has 3 rings (SSSR count). The number of sulfone groups is 1. The summed E-state index contributed by atoms with van der Waals surface area (Å²) in [7, 11) is -3.33. The van der Waals surface area contributed by atoms with Crippen molar-refractivity contribution >= 4 is 21.7 Å². The van der Waals surface area contributed by atoms with Crippen molar-refractivity contribution in [2.45, 2.75) is 19.5 Å². The molecule has 0 aromatic heterocycles. The Morgan fingerprint density at radius 1 is 1.07 bits per heavy atom. The van der Waals surface area contributed by atoms with Crippen LogP contribution in [0, 0.1) is 6.92 Å². The molecule has 1 aliphatic heterocycles. The van der Waals surface area contributed by atoms with Gasteiger partial charge < -0.3 is 9.64 Å². The predicted molar refractivity (Wildman–Crippen MR) is 105 cm³/mol. The Morgan fingerprint density at radius 3 is 2.39 bits per heavy atom. The Kier molecular flexibility index (Phi) is 5.94. The van der Waals surface area contributed by atoms with Gasteiger partial charge in [-0.1, -0.05) is 48.5 Å². The highest BCUT2D eigenvalue weighted by molar-refractivity contribution is 7.94. The Balaban J connectivity index is 1.72.